The third-order valence-corrected chi connectivity index (χ3v) is 5.09. The zero-order valence-corrected chi connectivity index (χ0v) is 16.1. The van der Waals surface area contributed by atoms with E-state index < -0.39 is 4.92 Å². The Morgan fingerprint density at radius 3 is 2.71 bits per heavy atom. The van der Waals surface area contributed by atoms with Gasteiger partial charge in [-0.1, -0.05) is 11.6 Å². The lowest BCUT2D eigenvalue weighted by molar-refractivity contribution is -0.384. The minimum absolute atomic E-state index is 0.0479. The highest BCUT2D eigenvalue weighted by Crippen LogP contribution is 2.39. The highest BCUT2D eigenvalue weighted by Gasteiger charge is 2.24. The van der Waals surface area contributed by atoms with Crippen molar-refractivity contribution in [3.8, 4) is 22.7 Å². The summed E-state index contributed by atoms with van der Waals surface area (Å²) in [5, 5.41) is 19.9. The Morgan fingerprint density at radius 1 is 1.21 bits per heavy atom. The number of nitro benzene ring substituents is 1. The molecule has 7 nitrogen and oxygen atoms in total. The van der Waals surface area contributed by atoms with E-state index in [1.54, 1.807) is 30.0 Å². The fraction of sp³-hybridized carbons (Fsp3) is 0.250. The summed E-state index contributed by atoms with van der Waals surface area (Å²) in [4.78, 5) is 10.6. The smallest absolute Gasteiger partial charge is 0.269 e. The molecule has 0 radical (unpaired) electrons. The minimum atomic E-state index is -0.409. The molecule has 0 bridgehead atoms. The van der Waals surface area contributed by atoms with Crippen molar-refractivity contribution in [1.29, 1.82) is 0 Å². The Balaban J connectivity index is 1.90. The van der Waals surface area contributed by atoms with Crippen LogP contribution in [0.4, 0.5) is 11.5 Å². The maximum absolute atomic E-state index is 11.0. The molecule has 2 aromatic carbocycles. The first-order valence-electron chi connectivity index (χ1n) is 9.03. The van der Waals surface area contributed by atoms with Crippen LogP contribution in [0.5, 0.6) is 5.75 Å². The number of anilines is 1. The first-order valence-corrected chi connectivity index (χ1v) is 9.41. The van der Waals surface area contributed by atoms with Gasteiger partial charge in [0, 0.05) is 34.8 Å². The average molecular weight is 399 g/mol. The SMILES string of the molecule is COc1ccc(Cl)cc1-c1nn(-c2ccc([N+](=O)[O-])cc2)c2c1CCCCN2. The third kappa shape index (κ3) is 3.29. The molecule has 4 rings (SSSR count). The van der Waals surface area contributed by atoms with Gasteiger partial charge in [0.2, 0.25) is 0 Å². The summed E-state index contributed by atoms with van der Waals surface area (Å²) in [5.74, 6) is 1.60. The Kier molecular flexibility index (Phi) is 4.92. The Labute approximate surface area is 167 Å². The standard InChI is InChI=1S/C20H19ClN4O3/c1-28-18-10-5-13(21)12-17(18)19-16-4-2-3-11-22-20(16)24(23-19)14-6-8-15(9-7-14)25(26)27/h5-10,12,22H,2-4,11H2,1H3. The molecule has 144 valence electrons. The van der Waals surface area contributed by atoms with Crippen LogP contribution in [-0.4, -0.2) is 28.4 Å². The van der Waals surface area contributed by atoms with Gasteiger partial charge >= 0.3 is 0 Å². The lowest BCUT2D eigenvalue weighted by Gasteiger charge is -2.09. The second-order valence-electron chi connectivity index (χ2n) is 6.59. The highest BCUT2D eigenvalue weighted by molar-refractivity contribution is 6.31. The summed E-state index contributed by atoms with van der Waals surface area (Å²) in [6, 6.07) is 11.9. The van der Waals surface area contributed by atoms with Gasteiger partial charge in [-0.2, -0.15) is 5.10 Å². The van der Waals surface area contributed by atoms with Crippen LogP contribution in [0.15, 0.2) is 42.5 Å². The second-order valence-corrected chi connectivity index (χ2v) is 7.03. The van der Waals surface area contributed by atoms with Gasteiger partial charge in [0.15, 0.2) is 0 Å². The molecule has 0 spiro atoms. The lowest BCUT2D eigenvalue weighted by Crippen LogP contribution is -2.07. The molecule has 0 atom stereocenters. The number of hydrogen-bond donors (Lipinski definition) is 1. The Hall–Kier alpha value is -3.06. The molecular weight excluding hydrogens is 380 g/mol. The van der Waals surface area contributed by atoms with Crippen molar-refractivity contribution in [2.24, 2.45) is 0 Å². The fourth-order valence-corrected chi connectivity index (χ4v) is 3.66. The van der Waals surface area contributed by atoms with Crippen molar-refractivity contribution in [2.45, 2.75) is 19.3 Å². The lowest BCUT2D eigenvalue weighted by atomic mass is 10.0. The Bertz CT molecular complexity index is 1030. The predicted molar refractivity (Wildman–Crippen MR) is 109 cm³/mol. The van der Waals surface area contributed by atoms with E-state index in [4.69, 9.17) is 21.4 Å². The largest absolute Gasteiger partial charge is 0.496 e. The van der Waals surface area contributed by atoms with Gasteiger partial charge in [0.25, 0.3) is 5.69 Å². The fourth-order valence-electron chi connectivity index (χ4n) is 3.49. The van der Waals surface area contributed by atoms with Gasteiger partial charge in [-0.3, -0.25) is 10.1 Å². The number of methoxy groups -OCH3 is 1. The number of fused-ring (bicyclic) bond motifs is 1. The van der Waals surface area contributed by atoms with E-state index in [2.05, 4.69) is 5.32 Å². The monoisotopic (exact) mass is 398 g/mol. The van der Waals surface area contributed by atoms with Crippen LogP contribution in [-0.2, 0) is 6.42 Å². The molecule has 0 saturated heterocycles. The molecule has 0 fully saturated rings. The van der Waals surface area contributed by atoms with E-state index >= 15 is 0 Å². The zero-order valence-electron chi connectivity index (χ0n) is 15.3. The van der Waals surface area contributed by atoms with Crippen molar-refractivity contribution in [2.75, 3.05) is 19.0 Å². The van der Waals surface area contributed by atoms with Gasteiger partial charge in [0.05, 0.1) is 17.7 Å². The molecule has 1 aliphatic heterocycles. The molecule has 0 aliphatic carbocycles. The van der Waals surface area contributed by atoms with Crippen molar-refractivity contribution in [3.63, 3.8) is 0 Å². The van der Waals surface area contributed by atoms with Gasteiger partial charge in [-0.05, 0) is 49.6 Å². The van der Waals surface area contributed by atoms with E-state index in [0.717, 1.165) is 54.1 Å². The predicted octanol–water partition coefficient (Wildman–Crippen LogP) is 4.86. The molecule has 1 aromatic heterocycles. The summed E-state index contributed by atoms with van der Waals surface area (Å²) >= 11 is 6.24. The average Bonchev–Trinajstić information content (AvgIpc) is 2.88. The maximum Gasteiger partial charge on any atom is 0.269 e. The molecule has 1 N–H and O–H groups in total. The molecule has 2 heterocycles. The number of rotatable bonds is 4. The van der Waals surface area contributed by atoms with Gasteiger partial charge < -0.3 is 10.1 Å². The number of nitro groups is 1. The molecule has 0 saturated carbocycles. The van der Waals surface area contributed by atoms with Crippen LogP contribution < -0.4 is 10.1 Å². The summed E-state index contributed by atoms with van der Waals surface area (Å²) in [5.41, 5.74) is 3.53. The maximum atomic E-state index is 11.0. The van der Waals surface area contributed by atoms with E-state index in [1.807, 2.05) is 12.1 Å². The van der Waals surface area contributed by atoms with E-state index in [-0.39, 0.29) is 5.69 Å². The topological polar surface area (TPSA) is 82.2 Å². The van der Waals surface area contributed by atoms with Crippen LogP contribution >= 0.6 is 11.6 Å². The number of ether oxygens (including phenoxy) is 1. The molecule has 1 aliphatic rings. The summed E-state index contributed by atoms with van der Waals surface area (Å²) < 4.78 is 7.34. The molecule has 3 aromatic rings. The molecule has 28 heavy (non-hydrogen) atoms. The van der Waals surface area contributed by atoms with Gasteiger partial charge in [0.1, 0.15) is 17.3 Å². The highest BCUT2D eigenvalue weighted by atomic mass is 35.5. The number of nitrogens with one attached hydrogen (secondary N) is 1. The summed E-state index contributed by atoms with van der Waals surface area (Å²) in [6.45, 7) is 0.845. The summed E-state index contributed by atoms with van der Waals surface area (Å²) in [7, 11) is 1.62. The van der Waals surface area contributed by atoms with Crippen LogP contribution in [0.3, 0.4) is 0 Å². The quantitative estimate of drug-likeness (QED) is 0.501. The molecule has 8 heteroatoms. The first kappa shape index (κ1) is 18.3. The number of aromatic nitrogens is 2. The number of hydrogen-bond acceptors (Lipinski definition) is 5. The molecular formula is C20H19ClN4O3. The van der Waals surface area contributed by atoms with Crippen molar-refractivity contribution >= 4 is 23.1 Å². The summed E-state index contributed by atoms with van der Waals surface area (Å²) in [6.07, 6.45) is 2.98. The zero-order chi connectivity index (χ0) is 19.7. The van der Waals surface area contributed by atoms with Gasteiger partial charge in [-0.25, -0.2) is 4.68 Å². The Morgan fingerprint density at radius 2 is 2.00 bits per heavy atom. The van der Waals surface area contributed by atoms with Gasteiger partial charge in [-0.15, -0.1) is 0 Å². The second kappa shape index (κ2) is 7.52. The number of benzene rings is 2. The molecule has 0 unspecified atom stereocenters. The van der Waals surface area contributed by atoms with Crippen molar-refractivity contribution < 1.29 is 9.66 Å². The molecule has 0 amide bonds. The van der Waals surface area contributed by atoms with E-state index in [0.29, 0.717) is 10.8 Å². The van der Waals surface area contributed by atoms with Crippen molar-refractivity contribution in [3.05, 3.63) is 63.2 Å². The first-order chi connectivity index (χ1) is 13.6. The van der Waals surface area contributed by atoms with E-state index in [9.17, 15) is 10.1 Å². The van der Waals surface area contributed by atoms with Crippen LogP contribution in [0, 0.1) is 10.1 Å². The number of non-ortho nitro benzene ring substituents is 1. The van der Waals surface area contributed by atoms with Crippen LogP contribution in [0.25, 0.3) is 16.9 Å². The third-order valence-electron chi connectivity index (χ3n) is 4.85. The van der Waals surface area contributed by atoms with E-state index in [1.165, 1.54) is 12.1 Å². The normalized spacial score (nSPS) is 13.4. The van der Waals surface area contributed by atoms with Crippen molar-refractivity contribution in [1.82, 2.24) is 9.78 Å². The number of nitrogens with zero attached hydrogens (tertiary/aromatic N) is 3. The minimum Gasteiger partial charge on any atom is -0.496 e. The number of halogens is 1. The van der Waals surface area contributed by atoms with Crippen LogP contribution in [0.1, 0.15) is 18.4 Å². The van der Waals surface area contributed by atoms with Crippen LogP contribution in [0.2, 0.25) is 5.02 Å².